The lowest BCUT2D eigenvalue weighted by Crippen LogP contribution is -1.91. The van der Waals surface area contributed by atoms with E-state index in [1.165, 1.54) is 31.4 Å². The zero-order valence-electron chi connectivity index (χ0n) is 14.7. The fourth-order valence-corrected chi connectivity index (χ4v) is 2.60. The summed E-state index contributed by atoms with van der Waals surface area (Å²) < 4.78 is 15.6. The van der Waals surface area contributed by atoms with Crippen LogP contribution in [0.5, 0.6) is 17.2 Å². The summed E-state index contributed by atoms with van der Waals surface area (Å²) in [5, 5.41) is 24.4. The Bertz CT molecular complexity index is 1060. The SMILES string of the molecule is COc1ccc(-c2noc(/C(Cl)=C/c3ccc(O)c([N+](=O)[O-])c3)n2)c(OC)c1. The average Bonchev–Trinajstić information content (AvgIpc) is 3.18. The standard InChI is InChI=1S/C18H14ClN3O6/c1-26-11-4-5-12(16(9-11)27-2)17-20-18(28-21-17)13(19)7-10-3-6-15(23)14(8-10)22(24)25/h3-9,23H,1-2H3/b13-7-. The van der Waals surface area contributed by atoms with Gasteiger partial charge in [-0.05, 0) is 29.8 Å². The lowest BCUT2D eigenvalue weighted by atomic mass is 10.1. The van der Waals surface area contributed by atoms with Crippen molar-refractivity contribution in [3.05, 3.63) is 58.0 Å². The minimum absolute atomic E-state index is 0.0188. The molecule has 0 fully saturated rings. The first-order chi connectivity index (χ1) is 13.4. The van der Waals surface area contributed by atoms with Crippen LogP contribution >= 0.6 is 11.6 Å². The zero-order chi connectivity index (χ0) is 20.3. The molecule has 0 unspecified atom stereocenters. The number of halogens is 1. The van der Waals surface area contributed by atoms with Crippen molar-refractivity contribution in [1.82, 2.24) is 10.1 Å². The van der Waals surface area contributed by atoms with E-state index in [9.17, 15) is 15.2 Å². The third kappa shape index (κ3) is 3.89. The third-order valence-corrected chi connectivity index (χ3v) is 4.04. The fraction of sp³-hybridized carbons (Fsp3) is 0.111. The maximum atomic E-state index is 10.9. The molecule has 0 aliphatic rings. The predicted octanol–water partition coefficient (Wildman–Crippen LogP) is 4.10. The van der Waals surface area contributed by atoms with Gasteiger partial charge in [-0.25, -0.2) is 0 Å². The molecule has 3 rings (SSSR count). The van der Waals surface area contributed by atoms with Crippen LogP contribution in [0.15, 0.2) is 40.9 Å². The molecular weight excluding hydrogens is 390 g/mol. The molecule has 0 saturated heterocycles. The van der Waals surface area contributed by atoms with Gasteiger partial charge >= 0.3 is 5.69 Å². The lowest BCUT2D eigenvalue weighted by Gasteiger charge is -2.07. The largest absolute Gasteiger partial charge is 0.502 e. The first-order valence-electron chi connectivity index (χ1n) is 7.84. The second-order valence-electron chi connectivity index (χ2n) is 5.49. The van der Waals surface area contributed by atoms with Gasteiger partial charge in [0, 0.05) is 12.1 Å². The molecule has 1 N–H and O–H groups in total. The van der Waals surface area contributed by atoms with Crippen LogP contribution in [-0.4, -0.2) is 34.4 Å². The molecule has 1 aromatic heterocycles. The molecule has 9 nitrogen and oxygen atoms in total. The summed E-state index contributed by atoms with van der Waals surface area (Å²) in [6.45, 7) is 0. The van der Waals surface area contributed by atoms with E-state index in [1.807, 2.05) is 0 Å². The monoisotopic (exact) mass is 403 g/mol. The van der Waals surface area contributed by atoms with Crippen molar-refractivity contribution in [1.29, 1.82) is 0 Å². The summed E-state index contributed by atoms with van der Waals surface area (Å²) in [5.41, 5.74) is 0.520. The second kappa shape index (κ2) is 7.97. The number of hydrogen-bond donors (Lipinski definition) is 1. The highest BCUT2D eigenvalue weighted by Gasteiger charge is 2.17. The van der Waals surface area contributed by atoms with Crippen LogP contribution in [0.2, 0.25) is 0 Å². The van der Waals surface area contributed by atoms with Crippen molar-refractivity contribution in [3.8, 4) is 28.6 Å². The van der Waals surface area contributed by atoms with Crippen LogP contribution in [0.4, 0.5) is 5.69 Å². The Balaban J connectivity index is 1.93. The normalized spacial score (nSPS) is 11.3. The van der Waals surface area contributed by atoms with Gasteiger partial charge in [0.25, 0.3) is 5.89 Å². The molecular formula is C18H14ClN3O6. The summed E-state index contributed by atoms with van der Waals surface area (Å²) in [4.78, 5) is 14.5. The molecule has 0 aliphatic carbocycles. The molecule has 28 heavy (non-hydrogen) atoms. The minimum atomic E-state index is -0.693. The molecule has 0 aliphatic heterocycles. The van der Waals surface area contributed by atoms with E-state index in [0.717, 1.165) is 0 Å². The van der Waals surface area contributed by atoms with Crippen LogP contribution in [0.1, 0.15) is 11.5 Å². The number of nitro groups is 1. The first kappa shape index (κ1) is 19.2. The number of methoxy groups -OCH3 is 2. The van der Waals surface area contributed by atoms with Gasteiger partial charge < -0.3 is 19.1 Å². The second-order valence-corrected chi connectivity index (χ2v) is 5.89. The van der Waals surface area contributed by atoms with Gasteiger partial charge in [-0.2, -0.15) is 4.98 Å². The number of rotatable bonds is 6. The molecule has 3 aromatic rings. The van der Waals surface area contributed by atoms with Gasteiger partial charge in [0.05, 0.1) is 24.7 Å². The van der Waals surface area contributed by atoms with E-state index < -0.39 is 16.4 Å². The van der Waals surface area contributed by atoms with Crippen molar-refractivity contribution in [2.45, 2.75) is 0 Å². The molecule has 144 valence electrons. The van der Waals surface area contributed by atoms with Gasteiger partial charge in [-0.15, -0.1) is 0 Å². The number of nitro benzene ring substituents is 1. The summed E-state index contributed by atoms with van der Waals surface area (Å²) in [6.07, 6.45) is 1.41. The third-order valence-electron chi connectivity index (χ3n) is 3.77. The van der Waals surface area contributed by atoms with Gasteiger partial charge in [0.1, 0.15) is 16.5 Å². The topological polar surface area (TPSA) is 121 Å². The van der Waals surface area contributed by atoms with Crippen molar-refractivity contribution < 1.29 is 24.0 Å². The Morgan fingerprint density at radius 2 is 2.04 bits per heavy atom. The smallest absolute Gasteiger partial charge is 0.311 e. The Hall–Kier alpha value is -3.59. The van der Waals surface area contributed by atoms with Crippen LogP contribution in [0, 0.1) is 10.1 Å². The van der Waals surface area contributed by atoms with Crippen molar-refractivity contribution in [3.63, 3.8) is 0 Å². The van der Waals surface area contributed by atoms with E-state index in [4.69, 9.17) is 25.6 Å². The predicted molar refractivity (Wildman–Crippen MR) is 101 cm³/mol. The Morgan fingerprint density at radius 1 is 1.25 bits per heavy atom. The molecule has 0 atom stereocenters. The van der Waals surface area contributed by atoms with Crippen molar-refractivity contribution >= 4 is 28.4 Å². The van der Waals surface area contributed by atoms with Gasteiger partial charge in [0.2, 0.25) is 5.82 Å². The van der Waals surface area contributed by atoms with Crippen LogP contribution in [0.25, 0.3) is 22.5 Å². The zero-order valence-corrected chi connectivity index (χ0v) is 15.5. The van der Waals surface area contributed by atoms with Crippen LogP contribution in [0.3, 0.4) is 0 Å². The van der Waals surface area contributed by atoms with E-state index >= 15 is 0 Å². The Kier molecular flexibility index (Phi) is 5.46. The molecule has 0 saturated carbocycles. The average molecular weight is 404 g/mol. The number of aromatic nitrogens is 2. The number of phenols is 1. The number of aromatic hydroxyl groups is 1. The highest BCUT2D eigenvalue weighted by molar-refractivity contribution is 6.50. The highest BCUT2D eigenvalue weighted by atomic mass is 35.5. The number of benzene rings is 2. The number of phenolic OH excluding ortho intramolecular Hbond substituents is 1. The van der Waals surface area contributed by atoms with Crippen molar-refractivity contribution in [2.75, 3.05) is 14.2 Å². The molecule has 2 aromatic carbocycles. The maximum Gasteiger partial charge on any atom is 0.311 e. The van der Waals surface area contributed by atoms with E-state index in [1.54, 1.807) is 25.3 Å². The highest BCUT2D eigenvalue weighted by Crippen LogP contribution is 2.33. The molecule has 1 heterocycles. The van der Waals surface area contributed by atoms with E-state index in [0.29, 0.717) is 22.6 Å². The quantitative estimate of drug-likeness (QED) is 0.482. The number of ether oxygens (including phenoxy) is 2. The number of hydrogen-bond acceptors (Lipinski definition) is 8. The van der Waals surface area contributed by atoms with Crippen molar-refractivity contribution in [2.24, 2.45) is 0 Å². The summed E-state index contributed by atoms with van der Waals surface area (Å²) in [5.74, 6) is 0.921. The Labute approximate surface area is 163 Å². The van der Waals surface area contributed by atoms with E-state index in [2.05, 4.69) is 10.1 Å². The maximum absolute atomic E-state index is 10.9. The van der Waals surface area contributed by atoms with E-state index in [-0.39, 0.29) is 16.7 Å². The molecule has 0 amide bonds. The van der Waals surface area contributed by atoms with Gasteiger partial charge in [-0.3, -0.25) is 10.1 Å². The van der Waals surface area contributed by atoms with Gasteiger partial charge in [0.15, 0.2) is 5.75 Å². The molecule has 0 bridgehead atoms. The van der Waals surface area contributed by atoms with Crippen LogP contribution in [-0.2, 0) is 0 Å². The summed E-state index contributed by atoms with van der Waals surface area (Å²) in [7, 11) is 3.04. The van der Waals surface area contributed by atoms with Crippen LogP contribution < -0.4 is 9.47 Å². The summed E-state index contributed by atoms with van der Waals surface area (Å²) in [6, 6.07) is 8.97. The minimum Gasteiger partial charge on any atom is -0.502 e. The lowest BCUT2D eigenvalue weighted by molar-refractivity contribution is -0.385. The summed E-state index contributed by atoms with van der Waals surface area (Å²) >= 11 is 6.22. The fourth-order valence-electron chi connectivity index (χ4n) is 2.40. The van der Waals surface area contributed by atoms with Gasteiger partial charge in [-0.1, -0.05) is 22.8 Å². The molecule has 10 heteroatoms. The molecule has 0 radical (unpaired) electrons. The number of nitrogens with zero attached hydrogens (tertiary/aromatic N) is 3. The molecule has 0 spiro atoms. The first-order valence-corrected chi connectivity index (χ1v) is 8.21. The Morgan fingerprint density at radius 3 is 2.71 bits per heavy atom.